The molecule has 5 nitrogen and oxygen atoms in total. The van der Waals surface area contributed by atoms with Crippen molar-refractivity contribution in [2.75, 3.05) is 26.3 Å². The zero-order chi connectivity index (χ0) is 21.0. The van der Waals surface area contributed by atoms with Gasteiger partial charge < -0.3 is 14.5 Å². The third-order valence-electron chi connectivity index (χ3n) is 6.11. The van der Waals surface area contributed by atoms with Gasteiger partial charge in [-0.05, 0) is 36.1 Å². The number of carbonyl (C=O) groups is 2. The third kappa shape index (κ3) is 4.54. The molecule has 4 rings (SSSR count). The highest BCUT2D eigenvalue weighted by molar-refractivity contribution is 5.81. The molecule has 158 valence electrons. The third-order valence-corrected chi connectivity index (χ3v) is 6.11. The molecule has 0 saturated carbocycles. The fourth-order valence-corrected chi connectivity index (χ4v) is 4.38. The van der Waals surface area contributed by atoms with Gasteiger partial charge in [0.1, 0.15) is 5.82 Å². The Labute approximate surface area is 176 Å². The molecule has 2 aromatic rings. The molecule has 0 bridgehead atoms. The second kappa shape index (κ2) is 8.96. The minimum absolute atomic E-state index is 0.0168. The minimum atomic E-state index is -0.523. The van der Waals surface area contributed by atoms with Gasteiger partial charge in [-0.2, -0.15) is 0 Å². The Morgan fingerprint density at radius 1 is 1.07 bits per heavy atom. The van der Waals surface area contributed by atoms with Crippen molar-refractivity contribution in [3.63, 3.8) is 0 Å². The number of carbonyl (C=O) groups excluding carboxylic acids is 2. The Hall–Kier alpha value is -2.73. The lowest BCUT2D eigenvalue weighted by atomic mass is 9.94. The summed E-state index contributed by atoms with van der Waals surface area (Å²) in [5, 5.41) is 0. The summed E-state index contributed by atoms with van der Waals surface area (Å²) in [6.07, 6.45) is 2.10. The van der Waals surface area contributed by atoms with Crippen molar-refractivity contribution in [1.29, 1.82) is 0 Å². The summed E-state index contributed by atoms with van der Waals surface area (Å²) in [6, 6.07) is 16.2. The zero-order valence-electron chi connectivity index (χ0n) is 17.1. The smallest absolute Gasteiger partial charge is 0.225 e. The first-order valence-corrected chi connectivity index (χ1v) is 10.5. The van der Waals surface area contributed by atoms with E-state index in [0.717, 1.165) is 11.1 Å². The monoisotopic (exact) mass is 410 g/mol. The van der Waals surface area contributed by atoms with Crippen molar-refractivity contribution in [2.24, 2.45) is 0 Å². The van der Waals surface area contributed by atoms with E-state index in [1.54, 1.807) is 12.1 Å². The molecule has 0 aromatic heterocycles. The van der Waals surface area contributed by atoms with Crippen LogP contribution < -0.4 is 0 Å². The van der Waals surface area contributed by atoms with E-state index in [4.69, 9.17) is 4.74 Å². The fraction of sp³-hybridized carbons (Fsp3) is 0.417. The summed E-state index contributed by atoms with van der Waals surface area (Å²) in [4.78, 5) is 29.7. The van der Waals surface area contributed by atoms with Gasteiger partial charge in [-0.25, -0.2) is 4.39 Å². The van der Waals surface area contributed by atoms with Crippen LogP contribution in [-0.2, 0) is 27.3 Å². The van der Waals surface area contributed by atoms with Gasteiger partial charge in [-0.1, -0.05) is 42.5 Å². The van der Waals surface area contributed by atoms with Crippen LogP contribution in [0.2, 0.25) is 0 Å². The zero-order valence-corrected chi connectivity index (χ0v) is 17.1. The average Bonchev–Trinajstić information content (AvgIpc) is 3.19. The van der Waals surface area contributed by atoms with Gasteiger partial charge in [0.05, 0.1) is 12.1 Å². The highest BCUT2D eigenvalue weighted by Crippen LogP contribution is 2.32. The first kappa shape index (κ1) is 20.5. The van der Waals surface area contributed by atoms with E-state index < -0.39 is 5.54 Å². The van der Waals surface area contributed by atoms with Crippen molar-refractivity contribution in [3.05, 3.63) is 71.5 Å². The summed E-state index contributed by atoms with van der Waals surface area (Å²) in [6.45, 7) is 2.29. The number of nitrogens with zero attached hydrogens (tertiary/aromatic N) is 2. The Morgan fingerprint density at radius 2 is 1.83 bits per heavy atom. The molecule has 6 heteroatoms. The average molecular weight is 410 g/mol. The molecular weight excluding hydrogens is 383 g/mol. The van der Waals surface area contributed by atoms with Gasteiger partial charge in [0, 0.05) is 39.1 Å². The molecular formula is C24H27FN2O3. The van der Waals surface area contributed by atoms with E-state index in [1.807, 2.05) is 40.1 Å². The van der Waals surface area contributed by atoms with Crippen LogP contribution in [0, 0.1) is 5.82 Å². The van der Waals surface area contributed by atoms with Gasteiger partial charge in [0.25, 0.3) is 0 Å². The molecule has 0 radical (unpaired) electrons. The molecule has 30 heavy (non-hydrogen) atoms. The molecule has 2 amide bonds. The summed E-state index contributed by atoms with van der Waals surface area (Å²) in [5.41, 5.74) is 1.48. The van der Waals surface area contributed by atoms with E-state index in [-0.39, 0.29) is 17.6 Å². The van der Waals surface area contributed by atoms with Crippen LogP contribution >= 0.6 is 0 Å². The minimum Gasteiger partial charge on any atom is -0.379 e. The van der Waals surface area contributed by atoms with Crippen LogP contribution in [0.5, 0.6) is 0 Å². The maximum atomic E-state index is 13.3. The number of halogens is 1. The second-order valence-electron chi connectivity index (χ2n) is 8.18. The highest BCUT2D eigenvalue weighted by Gasteiger charge is 2.46. The Bertz CT molecular complexity index is 879. The van der Waals surface area contributed by atoms with E-state index >= 15 is 0 Å². The number of aryl methyl sites for hydroxylation is 1. The molecule has 0 aliphatic carbocycles. The largest absolute Gasteiger partial charge is 0.379 e. The number of rotatable bonds is 5. The summed E-state index contributed by atoms with van der Waals surface area (Å²) in [7, 11) is 0. The molecule has 1 atom stereocenters. The Kier molecular flexibility index (Phi) is 6.13. The SMILES string of the molecule is O=C(CCc1ccccc1)N1CCC(=O)N(Cc2ccc(F)cc2)C2(CCOC2)C1. The van der Waals surface area contributed by atoms with Crippen LogP contribution in [0.25, 0.3) is 0 Å². The molecule has 2 saturated heterocycles. The van der Waals surface area contributed by atoms with Gasteiger partial charge in [0.15, 0.2) is 0 Å². The lowest BCUT2D eigenvalue weighted by Crippen LogP contribution is -2.56. The molecule has 2 aliphatic rings. The fourth-order valence-electron chi connectivity index (χ4n) is 4.38. The second-order valence-corrected chi connectivity index (χ2v) is 8.18. The summed E-state index contributed by atoms with van der Waals surface area (Å²) >= 11 is 0. The number of hydrogen-bond donors (Lipinski definition) is 0. The lowest BCUT2D eigenvalue weighted by molar-refractivity contribution is -0.138. The van der Waals surface area contributed by atoms with Crippen molar-refractivity contribution in [3.8, 4) is 0 Å². The quantitative estimate of drug-likeness (QED) is 0.761. The first-order chi connectivity index (χ1) is 14.6. The lowest BCUT2D eigenvalue weighted by Gasteiger charge is -2.40. The number of ether oxygens (including phenoxy) is 1. The first-order valence-electron chi connectivity index (χ1n) is 10.5. The molecule has 0 N–H and O–H groups in total. The Morgan fingerprint density at radius 3 is 2.53 bits per heavy atom. The van der Waals surface area contributed by atoms with Crippen molar-refractivity contribution < 1.29 is 18.7 Å². The van der Waals surface area contributed by atoms with E-state index in [2.05, 4.69) is 0 Å². The van der Waals surface area contributed by atoms with E-state index in [9.17, 15) is 14.0 Å². The van der Waals surface area contributed by atoms with Gasteiger partial charge in [-0.3, -0.25) is 9.59 Å². The van der Waals surface area contributed by atoms with Crippen LogP contribution in [0.15, 0.2) is 54.6 Å². The topological polar surface area (TPSA) is 49.9 Å². The standard InChI is InChI=1S/C24H27FN2O3/c25-21-9-6-20(7-10-21)16-27-23(29)12-14-26(17-24(27)13-15-30-18-24)22(28)11-8-19-4-2-1-3-5-19/h1-7,9-10H,8,11-18H2. The van der Waals surface area contributed by atoms with Crippen molar-refractivity contribution in [1.82, 2.24) is 9.80 Å². The van der Waals surface area contributed by atoms with E-state index in [1.165, 1.54) is 12.1 Å². The normalized spacial score (nSPS) is 21.8. The predicted octanol–water partition coefficient (Wildman–Crippen LogP) is 3.18. The number of benzene rings is 2. The van der Waals surface area contributed by atoms with Crippen LogP contribution in [0.4, 0.5) is 4.39 Å². The summed E-state index contributed by atoms with van der Waals surface area (Å²) < 4.78 is 19.0. The Balaban J connectivity index is 1.49. The maximum Gasteiger partial charge on any atom is 0.225 e. The van der Waals surface area contributed by atoms with Gasteiger partial charge in [0.2, 0.25) is 11.8 Å². The van der Waals surface area contributed by atoms with Crippen LogP contribution in [0.1, 0.15) is 30.4 Å². The molecule has 1 spiro atoms. The van der Waals surface area contributed by atoms with Crippen molar-refractivity contribution >= 4 is 11.8 Å². The van der Waals surface area contributed by atoms with Crippen LogP contribution in [-0.4, -0.2) is 53.5 Å². The predicted molar refractivity (Wildman–Crippen MR) is 111 cm³/mol. The highest BCUT2D eigenvalue weighted by atomic mass is 19.1. The molecule has 2 aliphatic heterocycles. The van der Waals surface area contributed by atoms with Crippen molar-refractivity contribution in [2.45, 2.75) is 37.8 Å². The molecule has 2 aromatic carbocycles. The van der Waals surface area contributed by atoms with E-state index in [0.29, 0.717) is 58.5 Å². The summed E-state index contributed by atoms with van der Waals surface area (Å²) in [5.74, 6) is -0.209. The molecule has 2 fully saturated rings. The number of amides is 2. The maximum absolute atomic E-state index is 13.3. The van der Waals surface area contributed by atoms with Crippen LogP contribution in [0.3, 0.4) is 0 Å². The van der Waals surface area contributed by atoms with Gasteiger partial charge in [-0.15, -0.1) is 0 Å². The number of hydrogen-bond acceptors (Lipinski definition) is 3. The molecule has 1 unspecified atom stereocenters. The van der Waals surface area contributed by atoms with Gasteiger partial charge >= 0.3 is 0 Å². The molecule has 2 heterocycles.